The minimum absolute atomic E-state index is 0.0852. The fourth-order valence-electron chi connectivity index (χ4n) is 4.75. The van der Waals surface area contributed by atoms with E-state index < -0.39 is 0 Å². The molecule has 2 N–H and O–H groups in total. The number of pyridine rings is 2. The van der Waals surface area contributed by atoms with Gasteiger partial charge in [-0.25, -0.2) is 15.0 Å². The lowest BCUT2D eigenvalue weighted by atomic mass is 10.0. The molecule has 0 radical (unpaired) electrons. The van der Waals surface area contributed by atoms with Crippen molar-refractivity contribution in [2.24, 2.45) is 0 Å². The first-order valence-electron chi connectivity index (χ1n) is 12.9. The number of nitrogens with two attached hydrogens (primary N) is 1. The molecule has 0 unspecified atom stereocenters. The molecule has 2 amide bonds. The van der Waals surface area contributed by atoms with Crippen LogP contribution in [0.4, 0.5) is 5.82 Å². The van der Waals surface area contributed by atoms with Gasteiger partial charge >= 0.3 is 0 Å². The molecule has 0 saturated carbocycles. The van der Waals surface area contributed by atoms with Crippen LogP contribution in [0.5, 0.6) is 0 Å². The number of carbonyl (C=O) groups is 2. The number of benzene rings is 1. The lowest BCUT2D eigenvalue weighted by Gasteiger charge is -2.28. The number of carbonyl (C=O) groups excluding carboxylic acids is 2. The maximum absolute atomic E-state index is 13.9. The lowest BCUT2D eigenvalue weighted by Crippen LogP contribution is -2.34. The Kier molecular flexibility index (Phi) is 7.31. The number of fused-ring (bicyclic) bond motifs is 1. The molecule has 0 aliphatic carbocycles. The molecule has 4 heterocycles. The van der Waals surface area contributed by atoms with E-state index in [1.807, 2.05) is 55.3 Å². The van der Waals surface area contributed by atoms with Gasteiger partial charge in [-0.2, -0.15) is 0 Å². The molecule has 9 nitrogen and oxygen atoms in total. The highest BCUT2D eigenvalue weighted by Crippen LogP contribution is 2.26. The Labute approximate surface area is 227 Å². The van der Waals surface area contributed by atoms with Crippen molar-refractivity contribution in [3.8, 4) is 0 Å². The molecule has 39 heavy (non-hydrogen) atoms. The van der Waals surface area contributed by atoms with Crippen molar-refractivity contribution >= 4 is 34.1 Å². The first-order chi connectivity index (χ1) is 18.8. The summed E-state index contributed by atoms with van der Waals surface area (Å²) in [7, 11) is 0. The summed E-state index contributed by atoms with van der Waals surface area (Å²) < 4.78 is 0. The molecular weight excluding hydrogens is 490 g/mol. The van der Waals surface area contributed by atoms with Crippen molar-refractivity contribution in [2.45, 2.75) is 39.8 Å². The smallest absolute Gasteiger partial charge is 0.254 e. The molecule has 5 rings (SSSR count). The van der Waals surface area contributed by atoms with Crippen LogP contribution < -0.4 is 5.73 Å². The Bertz CT molecular complexity index is 1550. The van der Waals surface area contributed by atoms with Gasteiger partial charge in [0.2, 0.25) is 5.91 Å². The Morgan fingerprint density at radius 1 is 1.10 bits per heavy atom. The highest BCUT2D eigenvalue weighted by atomic mass is 16.2. The molecule has 0 saturated heterocycles. The van der Waals surface area contributed by atoms with Crippen molar-refractivity contribution in [1.82, 2.24) is 29.7 Å². The van der Waals surface area contributed by atoms with Crippen LogP contribution in [-0.2, 0) is 11.3 Å². The van der Waals surface area contributed by atoms with Gasteiger partial charge in [0.15, 0.2) is 0 Å². The van der Waals surface area contributed by atoms with Crippen LogP contribution in [0.3, 0.4) is 0 Å². The van der Waals surface area contributed by atoms with Gasteiger partial charge in [0.05, 0.1) is 23.8 Å². The van der Waals surface area contributed by atoms with Crippen LogP contribution >= 0.6 is 0 Å². The number of aryl methyl sites for hydroxylation is 1. The molecule has 9 heteroatoms. The number of rotatable bonds is 6. The third-order valence-corrected chi connectivity index (χ3v) is 7.16. The molecule has 198 valence electrons. The van der Waals surface area contributed by atoms with Crippen LogP contribution in [0.15, 0.2) is 67.1 Å². The van der Waals surface area contributed by atoms with Crippen molar-refractivity contribution < 1.29 is 9.59 Å². The Balaban J connectivity index is 1.42. The van der Waals surface area contributed by atoms with E-state index in [4.69, 9.17) is 10.7 Å². The predicted molar refractivity (Wildman–Crippen MR) is 150 cm³/mol. The lowest BCUT2D eigenvalue weighted by molar-refractivity contribution is -0.128. The first-order valence-corrected chi connectivity index (χ1v) is 12.9. The van der Waals surface area contributed by atoms with E-state index in [1.54, 1.807) is 36.4 Å². The predicted octanol–water partition coefficient (Wildman–Crippen LogP) is 4.35. The molecule has 1 aliphatic heterocycles. The van der Waals surface area contributed by atoms with Crippen LogP contribution in [0.1, 0.15) is 59.3 Å². The van der Waals surface area contributed by atoms with Crippen LogP contribution in [-0.4, -0.2) is 54.6 Å². The number of amides is 2. The molecule has 1 atom stereocenters. The average molecular weight is 522 g/mol. The van der Waals surface area contributed by atoms with Gasteiger partial charge in [-0.1, -0.05) is 12.1 Å². The number of nitrogen functional groups attached to an aromatic ring is 1. The van der Waals surface area contributed by atoms with Crippen molar-refractivity contribution in [3.63, 3.8) is 0 Å². The Hall–Kier alpha value is -4.66. The van der Waals surface area contributed by atoms with Gasteiger partial charge < -0.3 is 15.5 Å². The van der Waals surface area contributed by atoms with E-state index in [0.717, 1.165) is 34.1 Å². The second-order valence-corrected chi connectivity index (χ2v) is 9.80. The van der Waals surface area contributed by atoms with E-state index in [1.165, 1.54) is 5.57 Å². The quantitative estimate of drug-likeness (QED) is 0.401. The summed E-state index contributed by atoms with van der Waals surface area (Å²) in [6.07, 6.45) is 8.06. The van der Waals surface area contributed by atoms with Gasteiger partial charge in [-0.3, -0.25) is 14.6 Å². The average Bonchev–Trinajstić information content (AvgIpc) is 2.96. The zero-order chi connectivity index (χ0) is 27.5. The van der Waals surface area contributed by atoms with Crippen molar-refractivity contribution in [3.05, 3.63) is 95.3 Å². The first kappa shape index (κ1) is 26.0. The summed E-state index contributed by atoms with van der Waals surface area (Å²) in [5.74, 6) is 0.960. The van der Waals surface area contributed by atoms with Crippen molar-refractivity contribution in [1.29, 1.82) is 0 Å². The molecule has 1 aliphatic rings. The highest BCUT2D eigenvalue weighted by molar-refractivity contribution is 5.98. The van der Waals surface area contributed by atoms with Gasteiger partial charge in [0, 0.05) is 49.6 Å². The zero-order valence-corrected chi connectivity index (χ0v) is 22.3. The van der Waals surface area contributed by atoms with Gasteiger partial charge in [-0.15, -0.1) is 0 Å². The van der Waals surface area contributed by atoms with E-state index in [0.29, 0.717) is 30.3 Å². The molecule has 3 aromatic heterocycles. The summed E-state index contributed by atoms with van der Waals surface area (Å²) in [4.78, 5) is 47.0. The molecule has 0 bridgehead atoms. The number of hydrogen-bond donors (Lipinski definition) is 1. The van der Waals surface area contributed by atoms with E-state index >= 15 is 0 Å². The third-order valence-electron chi connectivity index (χ3n) is 7.16. The largest absolute Gasteiger partial charge is 0.383 e. The molecule has 0 fully saturated rings. The molecule has 1 aromatic carbocycles. The zero-order valence-electron chi connectivity index (χ0n) is 22.3. The number of anilines is 1. The van der Waals surface area contributed by atoms with Crippen LogP contribution in [0.2, 0.25) is 0 Å². The van der Waals surface area contributed by atoms with E-state index in [9.17, 15) is 9.59 Å². The number of nitrogens with zero attached hydrogens (tertiary/aromatic N) is 6. The summed E-state index contributed by atoms with van der Waals surface area (Å²) in [5.41, 5.74) is 11.1. The summed E-state index contributed by atoms with van der Waals surface area (Å²) >= 11 is 0. The van der Waals surface area contributed by atoms with Gasteiger partial charge in [0.25, 0.3) is 5.91 Å². The van der Waals surface area contributed by atoms with Gasteiger partial charge in [-0.05, 0) is 73.4 Å². The minimum Gasteiger partial charge on any atom is -0.383 e. The summed E-state index contributed by atoms with van der Waals surface area (Å²) in [6.45, 7) is 7.00. The van der Waals surface area contributed by atoms with E-state index in [2.05, 4.69) is 21.0 Å². The summed E-state index contributed by atoms with van der Waals surface area (Å²) in [6, 6.07) is 12.7. The van der Waals surface area contributed by atoms with E-state index in [-0.39, 0.29) is 24.4 Å². The Morgan fingerprint density at radius 3 is 2.56 bits per heavy atom. The second-order valence-electron chi connectivity index (χ2n) is 9.80. The van der Waals surface area contributed by atoms with Crippen LogP contribution in [0.25, 0.3) is 16.5 Å². The maximum atomic E-state index is 13.9. The van der Waals surface area contributed by atoms with Gasteiger partial charge in [0.1, 0.15) is 11.6 Å². The Morgan fingerprint density at radius 2 is 1.90 bits per heavy atom. The fourth-order valence-corrected chi connectivity index (χ4v) is 4.75. The molecule has 0 spiro atoms. The van der Waals surface area contributed by atoms with Crippen molar-refractivity contribution in [2.75, 3.05) is 18.8 Å². The fraction of sp³-hybridized carbons (Fsp3) is 0.267. The number of aromatic nitrogens is 4. The number of hydrogen-bond acceptors (Lipinski definition) is 7. The third kappa shape index (κ3) is 5.62. The SMILES string of the molecule is CC(=O)N1CC=C(c2ccc(CN(C(=O)c3ccc4nc(N)c(C)cc4c3)[C@H](C)c3ncccn3)nc2)CC1. The topological polar surface area (TPSA) is 118 Å². The minimum atomic E-state index is -0.388. The highest BCUT2D eigenvalue weighted by Gasteiger charge is 2.26. The standard InChI is InChI=1S/C30H31N7O2/c1-19-15-25-16-23(6-8-27(25)35-28(19)31)30(39)37(20(2)29-32-11-4-12-33-29)18-26-7-5-24(17-34-26)22-9-13-36(14-10-22)21(3)38/h4-9,11-12,15-17,20H,10,13-14,18H2,1-3H3,(H2,31,35)/t20-/m1/s1. The maximum Gasteiger partial charge on any atom is 0.254 e. The van der Waals surface area contributed by atoms with Crippen LogP contribution in [0, 0.1) is 6.92 Å². The molecular formula is C30H31N7O2. The monoisotopic (exact) mass is 521 g/mol. The normalized spacial score (nSPS) is 14.1. The second kappa shape index (κ2) is 11.0. The molecule has 4 aromatic rings. The summed E-state index contributed by atoms with van der Waals surface area (Å²) in [5, 5.41) is 0.850.